The van der Waals surface area contributed by atoms with Gasteiger partial charge in [0.05, 0.1) is 17.8 Å². The van der Waals surface area contributed by atoms with E-state index in [2.05, 4.69) is 10.3 Å². The van der Waals surface area contributed by atoms with E-state index in [4.69, 9.17) is 5.11 Å². The summed E-state index contributed by atoms with van der Waals surface area (Å²) < 4.78 is 0. The highest BCUT2D eigenvalue weighted by atomic mass is 16.4. The van der Waals surface area contributed by atoms with Crippen LogP contribution in [0.3, 0.4) is 0 Å². The maximum absolute atomic E-state index is 12.2. The van der Waals surface area contributed by atoms with Crippen LogP contribution in [0.25, 0.3) is 0 Å². The third-order valence-electron chi connectivity index (χ3n) is 4.00. The first-order valence-electron chi connectivity index (χ1n) is 6.39. The lowest BCUT2D eigenvalue weighted by Gasteiger charge is -2.23. The lowest BCUT2D eigenvalue weighted by Crippen LogP contribution is -2.40. The lowest BCUT2D eigenvalue weighted by molar-refractivity contribution is -0.142. The summed E-state index contributed by atoms with van der Waals surface area (Å²) in [6.07, 6.45) is 5.46. The van der Waals surface area contributed by atoms with E-state index >= 15 is 0 Å². The molecule has 2 N–H and O–H groups in total. The minimum Gasteiger partial charge on any atom is -0.481 e. The molecule has 3 atom stereocenters. The highest BCUT2D eigenvalue weighted by Crippen LogP contribution is 2.42. The Hall–Kier alpha value is -2.11. The summed E-state index contributed by atoms with van der Waals surface area (Å²) in [7, 11) is 0. The molecule has 6 heteroatoms. The SMILES string of the molecule is O=C(O)C1CC2CCC1N2C(=O)Nc1cccnc1. The second-order valence-electron chi connectivity index (χ2n) is 5.06. The first-order valence-corrected chi connectivity index (χ1v) is 6.39. The summed E-state index contributed by atoms with van der Waals surface area (Å²) in [6, 6.07) is 3.18. The number of nitrogens with zero attached hydrogens (tertiary/aromatic N) is 2. The van der Waals surface area contributed by atoms with Crippen LogP contribution in [-0.2, 0) is 4.79 Å². The van der Waals surface area contributed by atoms with Crippen LogP contribution in [0.15, 0.2) is 24.5 Å². The minimum atomic E-state index is -0.800. The number of pyridine rings is 1. The van der Waals surface area contributed by atoms with Gasteiger partial charge in [-0.15, -0.1) is 0 Å². The Balaban J connectivity index is 1.73. The number of anilines is 1. The first kappa shape index (κ1) is 12.0. The van der Waals surface area contributed by atoms with Crippen molar-refractivity contribution in [1.29, 1.82) is 0 Å². The van der Waals surface area contributed by atoms with E-state index in [1.54, 1.807) is 29.4 Å². The van der Waals surface area contributed by atoms with Crippen LogP contribution in [0.5, 0.6) is 0 Å². The van der Waals surface area contributed by atoms with E-state index in [-0.39, 0.29) is 18.1 Å². The Morgan fingerprint density at radius 2 is 2.26 bits per heavy atom. The summed E-state index contributed by atoms with van der Waals surface area (Å²) in [5, 5.41) is 11.9. The molecular weight excluding hydrogens is 246 g/mol. The van der Waals surface area contributed by atoms with Crippen molar-refractivity contribution in [3.63, 3.8) is 0 Å². The fraction of sp³-hybridized carbons (Fsp3) is 0.462. The summed E-state index contributed by atoms with van der Waals surface area (Å²) in [6.45, 7) is 0. The molecule has 19 heavy (non-hydrogen) atoms. The molecule has 0 spiro atoms. The van der Waals surface area contributed by atoms with Gasteiger partial charge in [0.2, 0.25) is 0 Å². The van der Waals surface area contributed by atoms with Crippen LogP contribution in [-0.4, -0.2) is 39.1 Å². The topological polar surface area (TPSA) is 82.5 Å². The number of nitrogens with one attached hydrogen (secondary N) is 1. The first-order chi connectivity index (χ1) is 9.16. The Bertz CT molecular complexity index is 505. The molecule has 2 amide bonds. The van der Waals surface area contributed by atoms with E-state index in [9.17, 15) is 9.59 Å². The van der Waals surface area contributed by atoms with E-state index in [1.807, 2.05) is 0 Å². The number of aliphatic carboxylic acids is 1. The molecule has 100 valence electrons. The summed E-state index contributed by atoms with van der Waals surface area (Å²) in [4.78, 5) is 29.0. The van der Waals surface area contributed by atoms with Crippen LogP contribution < -0.4 is 5.32 Å². The van der Waals surface area contributed by atoms with Crippen molar-refractivity contribution in [1.82, 2.24) is 9.88 Å². The Kier molecular flexibility index (Phi) is 2.85. The molecule has 2 saturated heterocycles. The largest absolute Gasteiger partial charge is 0.481 e. The summed E-state index contributed by atoms with van der Waals surface area (Å²) >= 11 is 0. The van der Waals surface area contributed by atoms with Crippen LogP contribution in [0, 0.1) is 5.92 Å². The zero-order valence-electron chi connectivity index (χ0n) is 10.3. The highest BCUT2D eigenvalue weighted by molar-refractivity contribution is 5.90. The molecular formula is C13H15N3O3. The Morgan fingerprint density at radius 3 is 2.89 bits per heavy atom. The lowest BCUT2D eigenvalue weighted by atomic mass is 9.89. The van der Waals surface area contributed by atoms with Crippen molar-refractivity contribution in [3.8, 4) is 0 Å². The van der Waals surface area contributed by atoms with Crippen LogP contribution in [0.1, 0.15) is 19.3 Å². The molecule has 0 radical (unpaired) electrons. The van der Waals surface area contributed by atoms with Gasteiger partial charge in [-0.2, -0.15) is 0 Å². The minimum absolute atomic E-state index is 0.0581. The van der Waals surface area contributed by atoms with Gasteiger partial charge in [-0.1, -0.05) is 0 Å². The Morgan fingerprint density at radius 1 is 1.42 bits per heavy atom. The van der Waals surface area contributed by atoms with Gasteiger partial charge >= 0.3 is 12.0 Å². The highest BCUT2D eigenvalue weighted by Gasteiger charge is 2.51. The van der Waals surface area contributed by atoms with Crippen molar-refractivity contribution >= 4 is 17.7 Å². The fourth-order valence-corrected chi connectivity index (χ4v) is 3.20. The molecule has 3 rings (SSSR count). The third-order valence-corrected chi connectivity index (χ3v) is 4.00. The summed E-state index contributed by atoms with van der Waals surface area (Å²) in [5.74, 6) is -1.22. The van der Waals surface area contributed by atoms with Crippen molar-refractivity contribution in [2.24, 2.45) is 5.92 Å². The average Bonchev–Trinajstić information content (AvgIpc) is 2.97. The number of hydrogen-bond acceptors (Lipinski definition) is 3. The number of carboxylic acid groups (broad SMARTS) is 1. The van der Waals surface area contributed by atoms with Gasteiger partial charge in [-0.25, -0.2) is 4.79 Å². The number of urea groups is 1. The fourth-order valence-electron chi connectivity index (χ4n) is 3.20. The molecule has 1 aromatic rings. The monoisotopic (exact) mass is 261 g/mol. The normalized spacial score (nSPS) is 28.4. The number of carbonyl (C=O) groups excluding carboxylic acids is 1. The van der Waals surface area contributed by atoms with Crippen molar-refractivity contribution in [2.45, 2.75) is 31.3 Å². The second kappa shape index (κ2) is 4.53. The zero-order chi connectivity index (χ0) is 13.4. The third kappa shape index (κ3) is 2.03. The molecule has 3 unspecified atom stereocenters. The number of carbonyl (C=O) groups is 2. The number of rotatable bonds is 2. The van der Waals surface area contributed by atoms with Crippen LogP contribution in [0.2, 0.25) is 0 Å². The van der Waals surface area contributed by atoms with Gasteiger partial charge in [-0.05, 0) is 31.4 Å². The number of aromatic nitrogens is 1. The second-order valence-corrected chi connectivity index (χ2v) is 5.06. The van der Waals surface area contributed by atoms with E-state index in [1.165, 1.54) is 0 Å². The van der Waals surface area contributed by atoms with Crippen LogP contribution in [0.4, 0.5) is 10.5 Å². The van der Waals surface area contributed by atoms with E-state index < -0.39 is 11.9 Å². The quantitative estimate of drug-likeness (QED) is 0.846. The van der Waals surface area contributed by atoms with Gasteiger partial charge in [0.1, 0.15) is 0 Å². The van der Waals surface area contributed by atoms with Gasteiger partial charge in [-0.3, -0.25) is 9.78 Å². The molecule has 1 aromatic heterocycles. The molecule has 2 aliphatic rings. The van der Waals surface area contributed by atoms with Gasteiger partial charge < -0.3 is 15.3 Å². The van der Waals surface area contributed by atoms with Gasteiger partial charge in [0.15, 0.2) is 0 Å². The molecule has 0 aromatic carbocycles. The van der Waals surface area contributed by atoms with Gasteiger partial charge in [0.25, 0.3) is 0 Å². The Labute approximate surface area is 110 Å². The molecule has 2 bridgehead atoms. The smallest absolute Gasteiger partial charge is 0.322 e. The number of carboxylic acids is 1. The maximum atomic E-state index is 12.2. The van der Waals surface area contributed by atoms with Crippen molar-refractivity contribution < 1.29 is 14.7 Å². The molecule has 3 heterocycles. The van der Waals surface area contributed by atoms with Crippen molar-refractivity contribution in [2.75, 3.05) is 5.32 Å². The zero-order valence-corrected chi connectivity index (χ0v) is 10.3. The average molecular weight is 261 g/mol. The van der Waals surface area contributed by atoms with E-state index in [0.717, 1.165) is 12.8 Å². The van der Waals surface area contributed by atoms with Gasteiger partial charge in [0, 0.05) is 18.3 Å². The predicted molar refractivity (Wildman–Crippen MR) is 67.6 cm³/mol. The molecule has 2 fully saturated rings. The standard InChI is InChI=1S/C13H15N3O3/c17-12(18)10-6-9-3-4-11(10)16(9)13(19)15-8-2-1-5-14-7-8/h1-2,5,7,9-11H,3-4,6H2,(H,15,19)(H,17,18). The number of amides is 2. The molecule has 2 aliphatic heterocycles. The summed E-state index contributed by atoms with van der Waals surface area (Å²) in [5.41, 5.74) is 0.630. The number of hydrogen-bond donors (Lipinski definition) is 2. The molecule has 0 aliphatic carbocycles. The molecule has 0 saturated carbocycles. The van der Waals surface area contributed by atoms with E-state index in [0.29, 0.717) is 12.1 Å². The van der Waals surface area contributed by atoms with Crippen molar-refractivity contribution in [3.05, 3.63) is 24.5 Å². The number of fused-ring (bicyclic) bond motifs is 2. The maximum Gasteiger partial charge on any atom is 0.322 e. The van der Waals surface area contributed by atoms with Crippen LogP contribution >= 0.6 is 0 Å². The molecule has 6 nitrogen and oxygen atoms in total. The predicted octanol–water partition coefficient (Wildman–Crippen LogP) is 1.55.